The number of nitrogens with one attached hydrogen (secondary N) is 1. The van der Waals surface area contributed by atoms with Gasteiger partial charge < -0.3 is 5.32 Å². The van der Waals surface area contributed by atoms with Gasteiger partial charge in [0, 0.05) is 11.3 Å². The topological polar surface area (TPSA) is 58.5 Å². The molecule has 0 radical (unpaired) electrons. The highest BCUT2D eigenvalue weighted by Crippen LogP contribution is 2.26. The molecule has 22 heavy (non-hydrogen) atoms. The van der Waals surface area contributed by atoms with Crippen molar-refractivity contribution in [2.45, 2.75) is 31.1 Å². The molecule has 1 N–H and O–H groups in total. The zero-order chi connectivity index (χ0) is 15.6. The molecule has 0 saturated heterocycles. The SMILES string of the molecule is CCCCc1ccc(NC2=NS(=O)(=O)c3ccccc32)cc1. The van der Waals surface area contributed by atoms with Crippen LogP contribution in [0.15, 0.2) is 57.8 Å². The Morgan fingerprint density at radius 3 is 2.50 bits per heavy atom. The summed E-state index contributed by atoms with van der Waals surface area (Å²) in [4.78, 5) is 0.261. The van der Waals surface area contributed by atoms with Gasteiger partial charge in [-0.3, -0.25) is 0 Å². The summed E-state index contributed by atoms with van der Waals surface area (Å²) < 4.78 is 27.8. The van der Waals surface area contributed by atoms with E-state index in [1.165, 1.54) is 18.4 Å². The van der Waals surface area contributed by atoms with Crippen LogP contribution in [-0.4, -0.2) is 14.3 Å². The number of nitrogens with zero attached hydrogens (tertiary/aromatic N) is 1. The van der Waals surface area contributed by atoms with Crippen LogP contribution in [0.2, 0.25) is 0 Å². The van der Waals surface area contributed by atoms with E-state index in [0.29, 0.717) is 11.4 Å². The van der Waals surface area contributed by atoms with Gasteiger partial charge >= 0.3 is 0 Å². The fourth-order valence-corrected chi connectivity index (χ4v) is 3.64. The first-order valence-electron chi connectivity index (χ1n) is 7.40. The zero-order valence-electron chi connectivity index (χ0n) is 12.4. The second kappa shape index (κ2) is 5.93. The van der Waals surface area contributed by atoms with Crippen LogP contribution in [-0.2, 0) is 16.4 Å². The number of fused-ring (bicyclic) bond motifs is 1. The minimum absolute atomic E-state index is 0.261. The summed E-state index contributed by atoms with van der Waals surface area (Å²) in [6.07, 6.45) is 3.41. The Hall–Kier alpha value is -2.14. The minimum Gasteiger partial charge on any atom is -0.339 e. The fraction of sp³-hybridized carbons (Fsp3) is 0.235. The van der Waals surface area contributed by atoms with Crippen molar-refractivity contribution < 1.29 is 8.42 Å². The van der Waals surface area contributed by atoms with E-state index in [9.17, 15) is 8.42 Å². The summed E-state index contributed by atoms with van der Waals surface area (Å²) in [5.41, 5.74) is 2.75. The molecule has 0 bridgehead atoms. The Morgan fingerprint density at radius 1 is 1.05 bits per heavy atom. The summed E-state index contributed by atoms with van der Waals surface area (Å²) in [5.74, 6) is 0.386. The molecule has 0 aromatic heterocycles. The second-order valence-corrected chi connectivity index (χ2v) is 6.91. The first-order chi connectivity index (χ1) is 10.6. The van der Waals surface area contributed by atoms with Crippen molar-refractivity contribution in [2.24, 2.45) is 4.40 Å². The quantitative estimate of drug-likeness (QED) is 0.938. The van der Waals surface area contributed by atoms with Crippen molar-refractivity contribution in [2.75, 3.05) is 5.32 Å². The van der Waals surface area contributed by atoms with Crippen molar-refractivity contribution in [3.05, 3.63) is 59.7 Å². The lowest BCUT2D eigenvalue weighted by molar-refractivity contribution is 0.599. The largest absolute Gasteiger partial charge is 0.339 e. The predicted molar refractivity (Wildman–Crippen MR) is 88.8 cm³/mol. The molecular weight excluding hydrogens is 296 g/mol. The highest BCUT2D eigenvalue weighted by Gasteiger charge is 2.28. The van der Waals surface area contributed by atoms with Crippen LogP contribution >= 0.6 is 0 Å². The molecule has 0 spiro atoms. The van der Waals surface area contributed by atoms with Gasteiger partial charge in [-0.15, -0.1) is 4.40 Å². The van der Waals surface area contributed by atoms with Crippen LogP contribution < -0.4 is 5.32 Å². The molecule has 0 unspecified atom stereocenters. The molecule has 1 aliphatic rings. The molecule has 0 amide bonds. The van der Waals surface area contributed by atoms with Gasteiger partial charge in [0.25, 0.3) is 10.0 Å². The maximum atomic E-state index is 12.0. The molecule has 1 heterocycles. The van der Waals surface area contributed by atoms with Crippen LogP contribution in [0.3, 0.4) is 0 Å². The van der Waals surface area contributed by atoms with Gasteiger partial charge in [-0.05, 0) is 42.7 Å². The average molecular weight is 314 g/mol. The lowest BCUT2D eigenvalue weighted by Gasteiger charge is -2.07. The average Bonchev–Trinajstić information content (AvgIpc) is 2.78. The van der Waals surface area contributed by atoms with Gasteiger partial charge in [-0.2, -0.15) is 8.42 Å². The Balaban J connectivity index is 1.82. The Morgan fingerprint density at radius 2 is 1.77 bits per heavy atom. The minimum atomic E-state index is -3.57. The number of sulfonamides is 1. The van der Waals surface area contributed by atoms with Gasteiger partial charge in [0.1, 0.15) is 4.90 Å². The van der Waals surface area contributed by atoms with Gasteiger partial charge in [0.2, 0.25) is 0 Å². The maximum absolute atomic E-state index is 12.0. The van der Waals surface area contributed by atoms with Crippen LogP contribution in [0.25, 0.3) is 0 Å². The number of benzene rings is 2. The van der Waals surface area contributed by atoms with Crippen LogP contribution in [0.1, 0.15) is 30.9 Å². The third kappa shape index (κ3) is 2.90. The van der Waals surface area contributed by atoms with E-state index in [1.807, 2.05) is 18.2 Å². The Labute approximate surface area is 131 Å². The van der Waals surface area contributed by atoms with Crippen LogP contribution in [0.5, 0.6) is 0 Å². The summed E-state index contributed by atoms with van der Waals surface area (Å²) in [6, 6.07) is 14.9. The molecule has 0 saturated carbocycles. The Kier molecular flexibility index (Phi) is 3.98. The first-order valence-corrected chi connectivity index (χ1v) is 8.84. The summed E-state index contributed by atoms with van der Waals surface area (Å²) >= 11 is 0. The number of hydrogen-bond acceptors (Lipinski definition) is 3. The lowest BCUT2D eigenvalue weighted by Crippen LogP contribution is -2.11. The van der Waals surface area contributed by atoms with Gasteiger partial charge in [-0.1, -0.05) is 37.6 Å². The predicted octanol–water partition coefficient (Wildman–Crippen LogP) is 3.59. The molecule has 3 rings (SSSR count). The molecular formula is C17H18N2O2S. The lowest BCUT2D eigenvalue weighted by atomic mass is 10.1. The monoisotopic (exact) mass is 314 g/mol. The maximum Gasteiger partial charge on any atom is 0.285 e. The molecule has 114 valence electrons. The number of unbranched alkanes of at least 4 members (excludes halogenated alkanes) is 1. The fourth-order valence-electron chi connectivity index (χ4n) is 2.47. The van der Waals surface area contributed by atoms with Crippen LogP contribution in [0, 0.1) is 0 Å². The van der Waals surface area contributed by atoms with Crippen molar-refractivity contribution in [3.8, 4) is 0 Å². The van der Waals surface area contributed by atoms with Crippen molar-refractivity contribution in [3.63, 3.8) is 0 Å². The van der Waals surface area contributed by atoms with Crippen molar-refractivity contribution >= 4 is 21.5 Å². The standard InChI is InChI=1S/C17H18N2O2S/c1-2-3-6-13-9-11-14(12-10-13)18-17-15-7-4-5-8-16(15)22(20,21)19-17/h4-5,7-12H,2-3,6H2,1H3,(H,18,19). The van der Waals surface area contributed by atoms with E-state index in [2.05, 4.69) is 28.8 Å². The molecule has 1 aliphatic heterocycles. The molecule has 2 aromatic rings. The van der Waals surface area contributed by atoms with E-state index >= 15 is 0 Å². The summed E-state index contributed by atoms with van der Waals surface area (Å²) in [5, 5.41) is 3.11. The van der Waals surface area contributed by atoms with Crippen molar-refractivity contribution in [1.82, 2.24) is 0 Å². The third-order valence-corrected chi connectivity index (χ3v) is 5.00. The molecule has 0 aliphatic carbocycles. The normalized spacial score (nSPS) is 15.2. The van der Waals surface area contributed by atoms with E-state index in [4.69, 9.17) is 0 Å². The zero-order valence-corrected chi connectivity index (χ0v) is 13.2. The number of hydrogen-bond donors (Lipinski definition) is 1. The highest BCUT2D eigenvalue weighted by atomic mass is 32.2. The van der Waals surface area contributed by atoms with Gasteiger partial charge in [0.05, 0.1) is 0 Å². The van der Waals surface area contributed by atoms with E-state index in [0.717, 1.165) is 12.1 Å². The van der Waals surface area contributed by atoms with Crippen molar-refractivity contribution in [1.29, 1.82) is 0 Å². The first kappa shape index (κ1) is 14.8. The molecule has 0 fully saturated rings. The summed E-state index contributed by atoms with van der Waals surface area (Å²) in [6.45, 7) is 2.17. The number of amidine groups is 1. The molecule has 0 atom stereocenters. The smallest absolute Gasteiger partial charge is 0.285 e. The number of rotatable bonds is 4. The third-order valence-electron chi connectivity index (χ3n) is 3.67. The Bertz CT molecular complexity index is 809. The molecule has 4 nitrogen and oxygen atoms in total. The highest BCUT2D eigenvalue weighted by molar-refractivity contribution is 7.90. The number of aryl methyl sites for hydroxylation is 1. The van der Waals surface area contributed by atoms with Gasteiger partial charge in [-0.25, -0.2) is 0 Å². The van der Waals surface area contributed by atoms with E-state index in [1.54, 1.807) is 18.2 Å². The molecule has 2 aromatic carbocycles. The summed E-state index contributed by atoms with van der Waals surface area (Å²) in [7, 11) is -3.57. The number of anilines is 1. The van der Waals surface area contributed by atoms with Crippen LogP contribution in [0.4, 0.5) is 5.69 Å². The second-order valence-electron chi connectivity index (χ2n) is 5.34. The van der Waals surface area contributed by atoms with Gasteiger partial charge in [0.15, 0.2) is 5.84 Å². The molecule has 5 heteroatoms. The van der Waals surface area contributed by atoms with E-state index < -0.39 is 10.0 Å². The van der Waals surface area contributed by atoms with E-state index in [-0.39, 0.29) is 4.90 Å².